The van der Waals surface area contributed by atoms with Crippen LogP contribution in [-0.4, -0.2) is 62.8 Å². The first-order valence-corrected chi connectivity index (χ1v) is 15.1. The Labute approximate surface area is 242 Å². The molecule has 2 fully saturated rings. The summed E-state index contributed by atoms with van der Waals surface area (Å²) in [6.45, 7) is 17.8. The number of rotatable bonds is 18. The number of ether oxygens (including phenoxy) is 2. The van der Waals surface area contributed by atoms with Gasteiger partial charge in [-0.15, -0.1) is 0 Å². The first kappa shape index (κ1) is 33.2. The molecular weight excluding hydrogens is 500 g/mol. The number of nitrogens with two attached hydrogens (primary N) is 1. The monoisotopic (exact) mass is 552 g/mol. The van der Waals surface area contributed by atoms with Crippen LogP contribution in [0.5, 0.6) is 0 Å². The van der Waals surface area contributed by atoms with E-state index in [1.54, 1.807) is 0 Å². The van der Waals surface area contributed by atoms with Gasteiger partial charge in [0.1, 0.15) is 17.8 Å². The fraction of sp³-hybridized carbons (Fsp3) is 0.625. The Balaban J connectivity index is 1.98. The second-order valence-corrected chi connectivity index (χ2v) is 10.3. The molecule has 8 heteroatoms. The second kappa shape index (κ2) is 19.9. The van der Waals surface area contributed by atoms with Gasteiger partial charge in [0.05, 0.1) is 19.3 Å². The van der Waals surface area contributed by atoms with Crippen LogP contribution in [0, 0.1) is 17.2 Å². The van der Waals surface area contributed by atoms with E-state index in [0.717, 1.165) is 87.2 Å². The topological polar surface area (TPSA) is 108 Å². The molecule has 0 spiro atoms. The second-order valence-electron chi connectivity index (χ2n) is 10.3. The number of nitrogens with one attached hydrogen (secondary N) is 2. The van der Waals surface area contributed by atoms with Crippen molar-refractivity contribution in [3.63, 3.8) is 0 Å². The molecule has 2 rings (SSSR count). The van der Waals surface area contributed by atoms with Gasteiger partial charge < -0.3 is 25.8 Å². The summed E-state index contributed by atoms with van der Waals surface area (Å²) in [4.78, 5) is 0. The van der Waals surface area contributed by atoms with Crippen LogP contribution in [0.25, 0.3) is 0 Å². The fourth-order valence-electron chi connectivity index (χ4n) is 5.12. The molecule has 4 N–H and O–H groups in total. The van der Waals surface area contributed by atoms with Crippen molar-refractivity contribution in [2.24, 2.45) is 16.8 Å². The molecule has 0 unspecified atom stereocenters. The number of hydrogen-bond acceptors (Lipinski definition) is 8. The summed E-state index contributed by atoms with van der Waals surface area (Å²) in [5.41, 5.74) is 8.49. The summed E-state index contributed by atoms with van der Waals surface area (Å²) in [6, 6.07) is 2.98. The highest BCUT2D eigenvalue weighted by molar-refractivity contribution is 5.57. The average Bonchev–Trinajstić information content (AvgIpc) is 2.98. The van der Waals surface area contributed by atoms with Crippen LogP contribution in [0.3, 0.4) is 0 Å². The Bertz CT molecular complexity index is 920. The van der Waals surface area contributed by atoms with E-state index in [0.29, 0.717) is 38.6 Å². The molecule has 8 nitrogen and oxygen atoms in total. The lowest BCUT2D eigenvalue weighted by Gasteiger charge is -2.32. The molecule has 40 heavy (non-hydrogen) atoms. The third-order valence-electron chi connectivity index (χ3n) is 7.28. The molecule has 0 amide bonds. The van der Waals surface area contributed by atoms with Crippen LogP contribution in [-0.2, 0) is 9.47 Å². The van der Waals surface area contributed by atoms with E-state index in [-0.39, 0.29) is 12.0 Å². The Morgan fingerprint density at radius 3 is 2.65 bits per heavy atom. The number of nitriles is 1. The quantitative estimate of drug-likeness (QED) is 0.0697. The van der Waals surface area contributed by atoms with Crippen LogP contribution < -0.4 is 16.4 Å². The molecule has 0 aromatic carbocycles. The molecular formula is C32H52N6O2. The van der Waals surface area contributed by atoms with Gasteiger partial charge in [-0.05, 0) is 81.1 Å². The normalized spacial score (nSPS) is 18.8. The molecule has 2 saturated heterocycles. The summed E-state index contributed by atoms with van der Waals surface area (Å²) >= 11 is 0. The molecule has 0 saturated carbocycles. The lowest BCUT2D eigenvalue weighted by molar-refractivity contribution is -0.00973. The van der Waals surface area contributed by atoms with Crippen molar-refractivity contribution < 1.29 is 9.47 Å². The van der Waals surface area contributed by atoms with Gasteiger partial charge in [0.15, 0.2) is 0 Å². The minimum absolute atomic E-state index is 0.103. The smallest absolute Gasteiger partial charge is 0.110 e. The van der Waals surface area contributed by atoms with Gasteiger partial charge in [-0.3, -0.25) is 5.01 Å². The average molecular weight is 553 g/mol. The highest BCUT2D eigenvalue weighted by atomic mass is 16.5. The van der Waals surface area contributed by atoms with Crippen molar-refractivity contribution in [3.8, 4) is 6.07 Å². The van der Waals surface area contributed by atoms with Gasteiger partial charge in [0.25, 0.3) is 0 Å². The van der Waals surface area contributed by atoms with Gasteiger partial charge in [0, 0.05) is 50.3 Å². The van der Waals surface area contributed by atoms with Crippen molar-refractivity contribution in [3.05, 3.63) is 60.2 Å². The minimum Gasteiger partial charge on any atom is -0.494 e. The molecule has 0 radical (unpaired) electrons. The molecule has 2 aliphatic heterocycles. The van der Waals surface area contributed by atoms with E-state index < -0.39 is 0 Å². The predicted molar refractivity (Wildman–Crippen MR) is 165 cm³/mol. The number of nitrogens with zero attached hydrogens (tertiary/aromatic N) is 3. The molecule has 0 aromatic heterocycles. The zero-order chi connectivity index (χ0) is 29.0. The minimum atomic E-state index is -0.335. The Kier molecular flexibility index (Phi) is 16.5. The van der Waals surface area contributed by atoms with Crippen molar-refractivity contribution in [2.45, 2.75) is 83.8 Å². The highest BCUT2D eigenvalue weighted by Crippen LogP contribution is 2.27. The molecule has 2 aliphatic rings. The molecule has 222 valence electrons. The maximum atomic E-state index is 10.00. The predicted octanol–water partition coefficient (Wildman–Crippen LogP) is 5.29. The zero-order valence-electron chi connectivity index (χ0n) is 24.9. The summed E-state index contributed by atoms with van der Waals surface area (Å²) in [7, 11) is 0. The first-order chi connectivity index (χ1) is 19.6. The lowest BCUT2D eigenvalue weighted by atomic mass is 9.94. The van der Waals surface area contributed by atoms with E-state index in [4.69, 9.17) is 20.3 Å². The number of allylic oxidation sites excluding steroid dienone is 5. The van der Waals surface area contributed by atoms with Crippen molar-refractivity contribution >= 4 is 6.21 Å². The van der Waals surface area contributed by atoms with Gasteiger partial charge in [-0.25, -0.2) is 0 Å². The maximum Gasteiger partial charge on any atom is 0.110 e. The van der Waals surface area contributed by atoms with Crippen LogP contribution in [0.4, 0.5) is 0 Å². The van der Waals surface area contributed by atoms with Crippen LogP contribution in [0.1, 0.15) is 71.6 Å². The van der Waals surface area contributed by atoms with E-state index in [1.807, 2.05) is 24.4 Å². The van der Waals surface area contributed by atoms with Gasteiger partial charge in [-0.2, -0.15) is 10.4 Å². The Morgan fingerprint density at radius 2 is 2.02 bits per heavy atom. The summed E-state index contributed by atoms with van der Waals surface area (Å²) in [5.74, 6) is 0.435. The lowest BCUT2D eigenvalue weighted by Crippen LogP contribution is -2.41. The standard InChI is InChI=1S/C32H52N6O2/c1-5-9-32(40-30-15-23-39-24-16-30)28(25-34)11-10-27(12-17-33)31(7-3)26(4)36-18-8-19-37-38(22-6-2)29-13-20-35-21-14-29/h7,9,12,17,19,28-30,35-36H,3-6,8,10-11,13-16,18,20-24,33H2,1-2H3/b17-12-,31-27-,32-9+,37-19-/t28-/m0/s1. The van der Waals surface area contributed by atoms with E-state index in [9.17, 15) is 5.26 Å². The summed E-state index contributed by atoms with van der Waals surface area (Å²) < 4.78 is 11.7. The van der Waals surface area contributed by atoms with Crippen molar-refractivity contribution in [2.75, 3.05) is 39.4 Å². The summed E-state index contributed by atoms with van der Waals surface area (Å²) in [5, 5.41) is 23.9. The largest absolute Gasteiger partial charge is 0.494 e. The van der Waals surface area contributed by atoms with Crippen LogP contribution in [0.15, 0.2) is 65.3 Å². The third-order valence-corrected chi connectivity index (χ3v) is 7.28. The van der Waals surface area contributed by atoms with Gasteiger partial charge in [0.2, 0.25) is 0 Å². The third kappa shape index (κ3) is 11.6. The summed E-state index contributed by atoms with van der Waals surface area (Å²) in [6.07, 6.45) is 17.3. The number of hydrogen-bond donors (Lipinski definition) is 3. The van der Waals surface area contributed by atoms with Crippen LogP contribution >= 0.6 is 0 Å². The first-order valence-electron chi connectivity index (χ1n) is 15.1. The molecule has 0 bridgehead atoms. The van der Waals surface area contributed by atoms with Crippen molar-refractivity contribution in [1.29, 1.82) is 5.26 Å². The molecule has 2 heterocycles. The van der Waals surface area contributed by atoms with E-state index in [2.05, 4.69) is 48.7 Å². The van der Waals surface area contributed by atoms with Crippen molar-refractivity contribution in [1.82, 2.24) is 15.6 Å². The van der Waals surface area contributed by atoms with E-state index >= 15 is 0 Å². The Hall–Kier alpha value is -3.02. The van der Waals surface area contributed by atoms with Gasteiger partial charge >= 0.3 is 0 Å². The molecule has 1 atom stereocenters. The molecule has 0 aromatic rings. The van der Waals surface area contributed by atoms with Gasteiger partial charge in [-0.1, -0.05) is 33.1 Å². The SMILES string of the molecule is C=C/C(C(=C)NCC/C=N\N(CCC)C1CCNCC1)=C(/C=C\N)CC[C@@H](C#N)/C(=C\CC)OC1CCOCC1. The van der Waals surface area contributed by atoms with E-state index in [1.165, 1.54) is 6.20 Å². The molecule has 0 aliphatic carbocycles. The fourth-order valence-corrected chi connectivity index (χ4v) is 5.12. The number of piperidine rings is 1. The number of hydrazone groups is 1. The Morgan fingerprint density at radius 1 is 1.27 bits per heavy atom. The van der Waals surface area contributed by atoms with Crippen LogP contribution in [0.2, 0.25) is 0 Å². The maximum absolute atomic E-state index is 10.00. The zero-order valence-corrected chi connectivity index (χ0v) is 24.9. The highest BCUT2D eigenvalue weighted by Gasteiger charge is 2.22.